The maximum absolute atomic E-state index is 12.6. The molecule has 2 N–H and O–H groups in total. The van der Waals surface area contributed by atoms with Gasteiger partial charge in [0.1, 0.15) is 0 Å². The van der Waals surface area contributed by atoms with E-state index in [1.54, 1.807) is 0 Å². The fourth-order valence-corrected chi connectivity index (χ4v) is 3.97. The van der Waals surface area contributed by atoms with Crippen LogP contribution in [0.1, 0.15) is 50.2 Å². The lowest BCUT2D eigenvalue weighted by Gasteiger charge is -2.21. The summed E-state index contributed by atoms with van der Waals surface area (Å²) < 4.78 is 0. The van der Waals surface area contributed by atoms with Crippen molar-refractivity contribution in [1.29, 1.82) is 0 Å². The molecule has 1 aliphatic heterocycles. The number of hydrogen-bond acceptors (Lipinski definition) is 2. The number of nitrogens with zero attached hydrogens (tertiary/aromatic N) is 2. The molecule has 2 fully saturated rings. The Hall–Kier alpha value is -2.04. The highest BCUT2D eigenvalue weighted by molar-refractivity contribution is 5.81. The largest absolute Gasteiger partial charge is 0.357 e. The summed E-state index contributed by atoms with van der Waals surface area (Å²) in [5.74, 6) is 1.49. The Morgan fingerprint density at radius 1 is 1.23 bits per heavy atom. The van der Waals surface area contributed by atoms with Crippen LogP contribution in [0.2, 0.25) is 0 Å². The minimum Gasteiger partial charge on any atom is -0.357 e. The third kappa shape index (κ3) is 4.77. The van der Waals surface area contributed by atoms with Crippen LogP contribution in [0.5, 0.6) is 0 Å². The normalized spacial score (nSPS) is 21.2. The predicted octanol–water partition coefficient (Wildman–Crippen LogP) is 2.84. The molecule has 1 saturated heterocycles. The number of likely N-dealkylation sites (tertiary alicyclic amines) is 1. The van der Waals surface area contributed by atoms with Crippen molar-refractivity contribution in [3.8, 4) is 0 Å². The van der Waals surface area contributed by atoms with Gasteiger partial charge in [0.2, 0.25) is 5.91 Å². The molecule has 1 saturated carbocycles. The fraction of sp³-hybridized carbons (Fsp3) is 0.619. The summed E-state index contributed by atoms with van der Waals surface area (Å²) in [5.41, 5.74) is 2.51. The lowest BCUT2D eigenvalue weighted by molar-refractivity contribution is -0.134. The van der Waals surface area contributed by atoms with Crippen LogP contribution < -0.4 is 10.6 Å². The first kappa shape index (κ1) is 18.7. The van der Waals surface area contributed by atoms with Gasteiger partial charge < -0.3 is 15.5 Å². The zero-order valence-electron chi connectivity index (χ0n) is 16.1. The van der Waals surface area contributed by atoms with Gasteiger partial charge in [-0.05, 0) is 44.2 Å². The molecule has 5 heteroatoms. The van der Waals surface area contributed by atoms with E-state index >= 15 is 0 Å². The number of nitrogens with one attached hydrogen (secondary N) is 2. The van der Waals surface area contributed by atoms with E-state index in [-0.39, 0.29) is 12.0 Å². The number of aliphatic imine (C=N–C) groups is 1. The summed E-state index contributed by atoms with van der Waals surface area (Å²) in [7, 11) is 0. The van der Waals surface area contributed by atoms with E-state index in [1.165, 1.54) is 24.0 Å². The molecule has 1 aromatic rings. The maximum Gasteiger partial charge on any atom is 0.225 e. The Morgan fingerprint density at radius 2 is 2.00 bits per heavy atom. The van der Waals surface area contributed by atoms with Gasteiger partial charge in [0.05, 0.1) is 6.54 Å². The molecule has 5 nitrogen and oxygen atoms in total. The van der Waals surface area contributed by atoms with Gasteiger partial charge in [0, 0.05) is 31.6 Å². The minimum absolute atomic E-state index is 0.275. The second-order valence-electron chi connectivity index (χ2n) is 7.52. The van der Waals surface area contributed by atoms with Crippen LogP contribution in [0, 0.1) is 12.8 Å². The van der Waals surface area contributed by atoms with Crippen molar-refractivity contribution < 1.29 is 4.79 Å². The molecule has 2 aliphatic rings. The molecule has 0 bridgehead atoms. The van der Waals surface area contributed by atoms with Crippen LogP contribution in [-0.4, -0.2) is 42.4 Å². The van der Waals surface area contributed by atoms with E-state index in [1.807, 2.05) is 0 Å². The summed E-state index contributed by atoms with van der Waals surface area (Å²) >= 11 is 0. The van der Waals surface area contributed by atoms with E-state index < -0.39 is 0 Å². The third-order valence-corrected chi connectivity index (χ3v) is 5.56. The van der Waals surface area contributed by atoms with Crippen molar-refractivity contribution in [2.24, 2.45) is 10.9 Å². The summed E-state index contributed by atoms with van der Waals surface area (Å²) in [6.07, 6.45) is 5.57. The molecule has 142 valence electrons. The minimum atomic E-state index is 0.275. The number of carbonyl (C=O) groups is 1. The second kappa shape index (κ2) is 9.06. The summed E-state index contributed by atoms with van der Waals surface area (Å²) in [4.78, 5) is 19.4. The summed E-state index contributed by atoms with van der Waals surface area (Å²) in [5, 5.41) is 6.86. The predicted molar refractivity (Wildman–Crippen MR) is 106 cm³/mol. The molecule has 1 atom stereocenters. The molecular formula is C21H32N4O. The van der Waals surface area contributed by atoms with Crippen LogP contribution in [-0.2, 0) is 11.3 Å². The van der Waals surface area contributed by atoms with Gasteiger partial charge >= 0.3 is 0 Å². The Morgan fingerprint density at radius 3 is 2.73 bits per heavy atom. The van der Waals surface area contributed by atoms with E-state index in [4.69, 9.17) is 4.99 Å². The summed E-state index contributed by atoms with van der Waals surface area (Å²) in [6.45, 7) is 7.36. The monoisotopic (exact) mass is 356 g/mol. The van der Waals surface area contributed by atoms with E-state index in [0.717, 1.165) is 44.9 Å². The Kier molecular flexibility index (Phi) is 6.53. The van der Waals surface area contributed by atoms with Gasteiger partial charge in [-0.3, -0.25) is 4.79 Å². The highest BCUT2D eigenvalue weighted by Crippen LogP contribution is 2.27. The van der Waals surface area contributed by atoms with Gasteiger partial charge in [-0.2, -0.15) is 0 Å². The number of rotatable bonds is 5. The summed E-state index contributed by atoms with van der Waals surface area (Å²) in [6, 6.07) is 8.65. The van der Waals surface area contributed by atoms with Gasteiger partial charge in [-0.25, -0.2) is 4.99 Å². The second-order valence-corrected chi connectivity index (χ2v) is 7.52. The fourth-order valence-electron chi connectivity index (χ4n) is 3.97. The smallest absolute Gasteiger partial charge is 0.225 e. The Labute approximate surface area is 157 Å². The average molecular weight is 357 g/mol. The van der Waals surface area contributed by atoms with Gasteiger partial charge in [-0.1, -0.05) is 37.1 Å². The van der Waals surface area contributed by atoms with E-state index in [9.17, 15) is 4.79 Å². The number of carbonyl (C=O) groups excluding carboxylic acids is 1. The molecule has 1 aliphatic carbocycles. The average Bonchev–Trinajstić information content (AvgIpc) is 3.32. The quantitative estimate of drug-likeness (QED) is 0.630. The van der Waals surface area contributed by atoms with Crippen molar-refractivity contribution >= 4 is 11.9 Å². The molecule has 3 rings (SSSR count). The van der Waals surface area contributed by atoms with Crippen LogP contribution in [0.25, 0.3) is 0 Å². The molecule has 1 unspecified atom stereocenters. The Bertz CT molecular complexity index is 637. The lowest BCUT2D eigenvalue weighted by Crippen LogP contribution is -2.45. The SMILES string of the molecule is CCNC(=NCc1ccccc1C)NC1CCN(C(=O)C2CCCC2)C1. The van der Waals surface area contributed by atoms with E-state index in [2.05, 4.69) is 53.6 Å². The maximum atomic E-state index is 12.6. The molecule has 0 spiro atoms. The van der Waals surface area contributed by atoms with Crippen LogP contribution in [0.3, 0.4) is 0 Å². The van der Waals surface area contributed by atoms with Gasteiger partial charge in [0.25, 0.3) is 0 Å². The number of aryl methyl sites for hydroxylation is 1. The molecule has 0 aromatic heterocycles. The van der Waals surface area contributed by atoms with Crippen molar-refractivity contribution in [2.45, 2.75) is 58.5 Å². The number of hydrogen-bond donors (Lipinski definition) is 2. The molecular weight excluding hydrogens is 324 g/mol. The van der Waals surface area contributed by atoms with Crippen LogP contribution >= 0.6 is 0 Å². The molecule has 26 heavy (non-hydrogen) atoms. The molecule has 1 aromatic carbocycles. The van der Waals surface area contributed by atoms with Crippen molar-refractivity contribution in [1.82, 2.24) is 15.5 Å². The van der Waals surface area contributed by atoms with Crippen LogP contribution in [0.4, 0.5) is 0 Å². The zero-order valence-corrected chi connectivity index (χ0v) is 16.1. The lowest BCUT2D eigenvalue weighted by atomic mass is 10.1. The highest BCUT2D eigenvalue weighted by Gasteiger charge is 2.32. The third-order valence-electron chi connectivity index (χ3n) is 5.56. The molecule has 1 amide bonds. The van der Waals surface area contributed by atoms with E-state index in [0.29, 0.717) is 12.5 Å². The standard InChI is InChI=1S/C21H32N4O/c1-3-22-21(23-14-18-11-5-4-8-16(18)2)24-19-12-13-25(15-19)20(26)17-9-6-7-10-17/h4-5,8,11,17,19H,3,6-7,9-10,12-15H2,1-2H3,(H2,22,23,24). The highest BCUT2D eigenvalue weighted by atomic mass is 16.2. The number of guanidine groups is 1. The van der Waals surface area contributed by atoms with Crippen LogP contribution in [0.15, 0.2) is 29.3 Å². The van der Waals surface area contributed by atoms with Crippen molar-refractivity contribution in [2.75, 3.05) is 19.6 Å². The zero-order chi connectivity index (χ0) is 18.4. The Balaban J connectivity index is 1.55. The van der Waals surface area contributed by atoms with Gasteiger partial charge in [0.15, 0.2) is 5.96 Å². The number of benzene rings is 1. The topological polar surface area (TPSA) is 56.7 Å². The van der Waals surface area contributed by atoms with Gasteiger partial charge in [-0.15, -0.1) is 0 Å². The van der Waals surface area contributed by atoms with Crippen molar-refractivity contribution in [3.05, 3.63) is 35.4 Å². The first-order valence-electron chi connectivity index (χ1n) is 10.1. The number of amides is 1. The first-order chi connectivity index (χ1) is 12.7. The first-order valence-corrected chi connectivity index (χ1v) is 10.1. The molecule has 1 heterocycles. The van der Waals surface area contributed by atoms with Crippen molar-refractivity contribution in [3.63, 3.8) is 0 Å². The molecule has 0 radical (unpaired) electrons.